The van der Waals surface area contributed by atoms with Crippen LogP contribution in [0.4, 0.5) is 0 Å². The summed E-state index contributed by atoms with van der Waals surface area (Å²) in [6.07, 6.45) is 5.26. The van der Waals surface area contributed by atoms with Gasteiger partial charge in [0.1, 0.15) is 0 Å². The molecule has 1 spiro atoms. The van der Waals surface area contributed by atoms with Gasteiger partial charge in [-0.3, -0.25) is 4.90 Å². The molecule has 4 nitrogen and oxygen atoms in total. The lowest BCUT2D eigenvalue weighted by Gasteiger charge is -2.49. The summed E-state index contributed by atoms with van der Waals surface area (Å²) in [5, 5.41) is 11.3. The molecule has 1 fully saturated rings. The Bertz CT molecular complexity index is 645. The van der Waals surface area contributed by atoms with Gasteiger partial charge in [0.15, 0.2) is 0 Å². The summed E-state index contributed by atoms with van der Waals surface area (Å²) in [4.78, 5) is 2.41. The molecule has 2 unspecified atom stereocenters. The van der Waals surface area contributed by atoms with Crippen LogP contribution >= 0.6 is 11.6 Å². The maximum Gasteiger partial charge on any atom is 0.0984 e. The summed E-state index contributed by atoms with van der Waals surface area (Å²) in [6, 6.07) is 6.24. The lowest BCUT2D eigenvalue weighted by Crippen LogP contribution is -2.52. The number of nitrogens with zero attached hydrogens (tertiary/aromatic N) is 1. The van der Waals surface area contributed by atoms with Gasteiger partial charge in [0, 0.05) is 50.0 Å². The molecule has 0 radical (unpaired) electrons. The van der Waals surface area contributed by atoms with Gasteiger partial charge in [-0.05, 0) is 41.7 Å². The lowest BCUT2D eigenvalue weighted by atomic mass is 9.73. The number of halogens is 1. The molecule has 0 bridgehead atoms. The summed E-state index contributed by atoms with van der Waals surface area (Å²) in [6.45, 7) is 5.78. The molecule has 0 aliphatic carbocycles. The standard InChI is InChI=1S/C19H26ClN3O/c1-14-12-23(13-15(10-21)11-22-2)7-6-19(14)18-9-17(20)4-3-16(18)5-8-24-19/h3-4,9-11,14,21-22H,5-8,12-13H2,1-2H3/b15-11+,21-10?. The number of nitrogens with one attached hydrogen (secondary N) is 2. The van der Waals surface area contributed by atoms with Crippen molar-refractivity contribution in [1.29, 1.82) is 5.41 Å². The molecule has 1 saturated heterocycles. The third kappa shape index (κ3) is 3.23. The monoisotopic (exact) mass is 347 g/mol. The van der Waals surface area contributed by atoms with Crippen LogP contribution in [0, 0.1) is 11.3 Å². The fourth-order valence-electron chi connectivity index (χ4n) is 4.11. The number of likely N-dealkylation sites (tertiary alicyclic amines) is 1. The van der Waals surface area contributed by atoms with Crippen LogP contribution in [-0.4, -0.2) is 44.4 Å². The van der Waals surface area contributed by atoms with Crippen molar-refractivity contribution in [3.8, 4) is 0 Å². The molecule has 2 N–H and O–H groups in total. The highest BCUT2D eigenvalue weighted by Crippen LogP contribution is 2.45. The highest BCUT2D eigenvalue weighted by Gasteiger charge is 2.45. The first-order chi connectivity index (χ1) is 11.6. The summed E-state index contributed by atoms with van der Waals surface area (Å²) in [5.41, 5.74) is 3.44. The maximum atomic E-state index is 7.54. The van der Waals surface area contributed by atoms with Crippen molar-refractivity contribution < 1.29 is 4.74 Å². The molecule has 2 atom stereocenters. The minimum Gasteiger partial charge on any atom is -0.394 e. The highest BCUT2D eigenvalue weighted by atomic mass is 35.5. The number of hydrogen-bond donors (Lipinski definition) is 2. The molecule has 2 aliphatic heterocycles. The average molecular weight is 348 g/mol. The van der Waals surface area contributed by atoms with Crippen molar-refractivity contribution >= 4 is 17.8 Å². The number of fused-ring (bicyclic) bond motifs is 2. The molecule has 3 rings (SSSR count). The van der Waals surface area contributed by atoms with E-state index in [0.29, 0.717) is 5.92 Å². The van der Waals surface area contributed by atoms with Crippen molar-refractivity contribution in [2.24, 2.45) is 5.92 Å². The van der Waals surface area contributed by atoms with Crippen molar-refractivity contribution in [2.45, 2.75) is 25.4 Å². The molecular weight excluding hydrogens is 322 g/mol. The molecule has 130 valence electrons. The highest BCUT2D eigenvalue weighted by molar-refractivity contribution is 6.30. The number of rotatable bonds is 4. The summed E-state index contributed by atoms with van der Waals surface area (Å²) in [5.74, 6) is 0.380. The quantitative estimate of drug-likeness (QED) is 0.822. The number of benzene rings is 1. The normalized spacial score (nSPS) is 27.8. The van der Waals surface area contributed by atoms with Gasteiger partial charge in [-0.25, -0.2) is 0 Å². The van der Waals surface area contributed by atoms with Gasteiger partial charge in [0.05, 0.1) is 12.2 Å². The fourth-order valence-corrected chi connectivity index (χ4v) is 4.28. The maximum absolute atomic E-state index is 7.54. The van der Waals surface area contributed by atoms with E-state index in [1.54, 1.807) is 0 Å². The van der Waals surface area contributed by atoms with E-state index in [4.69, 9.17) is 21.7 Å². The van der Waals surface area contributed by atoms with Crippen LogP contribution in [0.1, 0.15) is 24.5 Å². The Kier molecular flexibility index (Phi) is 5.28. The third-order valence-electron chi connectivity index (χ3n) is 5.31. The van der Waals surface area contributed by atoms with E-state index < -0.39 is 0 Å². The van der Waals surface area contributed by atoms with Crippen LogP contribution in [0.2, 0.25) is 5.02 Å². The molecule has 2 aliphatic rings. The van der Waals surface area contributed by atoms with E-state index in [9.17, 15) is 0 Å². The number of hydrogen-bond acceptors (Lipinski definition) is 4. The number of piperidine rings is 1. The molecule has 0 saturated carbocycles. The van der Waals surface area contributed by atoms with Crippen LogP contribution in [-0.2, 0) is 16.8 Å². The first-order valence-corrected chi connectivity index (χ1v) is 8.99. The van der Waals surface area contributed by atoms with Crippen LogP contribution in [0.15, 0.2) is 30.0 Å². The van der Waals surface area contributed by atoms with Gasteiger partial charge in [-0.2, -0.15) is 0 Å². The Morgan fingerprint density at radius 2 is 2.38 bits per heavy atom. The third-order valence-corrected chi connectivity index (χ3v) is 5.54. The van der Waals surface area contributed by atoms with Gasteiger partial charge in [0.25, 0.3) is 0 Å². The Labute approximate surface area is 149 Å². The van der Waals surface area contributed by atoms with Crippen LogP contribution in [0.5, 0.6) is 0 Å². The predicted octanol–water partition coefficient (Wildman–Crippen LogP) is 3.20. The van der Waals surface area contributed by atoms with Crippen LogP contribution in [0.3, 0.4) is 0 Å². The van der Waals surface area contributed by atoms with E-state index >= 15 is 0 Å². The Morgan fingerprint density at radius 1 is 1.54 bits per heavy atom. The van der Waals surface area contributed by atoms with E-state index in [-0.39, 0.29) is 5.60 Å². The Balaban J connectivity index is 1.81. The van der Waals surface area contributed by atoms with Gasteiger partial charge in [-0.1, -0.05) is 24.6 Å². The van der Waals surface area contributed by atoms with Crippen molar-refractivity contribution in [1.82, 2.24) is 10.2 Å². The van der Waals surface area contributed by atoms with Gasteiger partial charge in [0.2, 0.25) is 0 Å². The molecule has 0 amide bonds. The topological polar surface area (TPSA) is 48.4 Å². The van der Waals surface area contributed by atoms with Gasteiger partial charge >= 0.3 is 0 Å². The van der Waals surface area contributed by atoms with Crippen molar-refractivity contribution in [3.63, 3.8) is 0 Å². The molecule has 1 aromatic carbocycles. The second kappa shape index (κ2) is 7.26. The molecule has 5 heteroatoms. The van der Waals surface area contributed by atoms with E-state index in [1.807, 2.05) is 19.3 Å². The zero-order valence-corrected chi connectivity index (χ0v) is 15.2. The van der Waals surface area contributed by atoms with Crippen molar-refractivity contribution in [3.05, 3.63) is 46.1 Å². The Hall–Kier alpha value is -1.36. The SMILES string of the molecule is CN/C=C(\C=N)CN1CCC2(OCCc3ccc(Cl)cc32)C(C)C1. The second-order valence-electron chi connectivity index (χ2n) is 6.83. The first kappa shape index (κ1) is 17.5. The molecule has 0 aromatic heterocycles. The van der Waals surface area contributed by atoms with Gasteiger partial charge in [-0.15, -0.1) is 0 Å². The molecule has 1 aromatic rings. The molecular formula is C19H26ClN3O. The fraction of sp³-hybridized carbons (Fsp3) is 0.526. The van der Waals surface area contributed by atoms with Gasteiger partial charge < -0.3 is 15.5 Å². The summed E-state index contributed by atoms with van der Waals surface area (Å²) < 4.78 is 6.37. The zero-order valence-electron chi connectivity index (χ0n) is 14.4. The Morgan fingerprint density at radius 3 is 3.08 bits per heavy atom. The minimum atomic E-state index is -0.216. The van der Waals surface area contributed by atoms with E-state index in [2.05, 4.69) is 29.3 Å². The van der Waals surface area contributed by atoms with Crippen molar-refractivity contribution in [2.75, 3.05) is 33.3 Å². The average Bonchev–Trinajstić information content (AvgIpc) is 2.58. The smallest absolute Gasteiger partial charge is 0.0984 e. The second-order valence-corrected chi connectivity index (χ2v) is 7.26. The summed E-state index contributed by atoms with van der Waals surface area (Å²) >= 11 is 6.27. The minimum absolute atomic E-state index is 0.216. The summed E-state index contributed by atoms with van der Waals surface area (Å²) in [7, 11) is 1.87. The zero-order chi connectivity index (χ0) is 17.2. The van der Waals surface area contributed by atoms with E-state index in [0.717, 1.165) is 49.7 Å². The van der Waals surface area contributed by atoms with Crippen LogP contribution < -0.4 is 5.32 Å². The largest absolute Gasteiger partial charge is 0.394 e. The van der Waals surface area contributed by atoms with Crippen LogP contribution in [0.25, 0.3) is 0 Å². The first-order valence-electron chi connectivity index (χ1n) is 8.61. The predicted molar refractivity (Wildman–Crippen MR) is 98.9 cm³/mol. The lowest BCUT2D eigenvalue weighted by molar-refractivity contribution is -0.131. The molecule has 24 heavy (non-hydrogen) atoms. The van der Waals surface area contributed by atoms with E-state index in [1.165, 1.54) is 17.3 Å². The number of ether oxygens (including phenoxy) is 1. The molecule has 2 heterocycles.